The van der Waals surface area contributed by atoms with Crippen LogP contribution in [0.3, 0.4) is 0 Å². The first-order chi connectivity index (χ1) is 26.2. The molecule has 1 saturated heterocycles. The van der Waals surface area contributed by atoms with Crippen molar-refractivity contribution in [2.24, 2.45) is 0 Å². The fourth-order valence-corrected chi connectivity index (χ4v) is 10.3. The summed E-state index contributed by atoms with van der Waals surface area (Å²) in [4.78, 5) is 0. The molecule has 2 aliphatic heterocycles. The SMILES string of the molecule is C=C1/C=C\C=C/Oc2c1ccc1c2C2(c3ccc(B4OC(C)(C)C(C)(C)O4)cc3-1)c1ccccc1C1(c3ccccc3-c3ccccc31)c1ccccc12. The molecule has 1 fully saturated rings. The van der Waals surface area contributed by atoms with Crippen LogP contribution in [0.2, 0.25) is 0 Å². The molecule has 2 spiro atoms. The van der Waals surface area contributed by atoms with Gasteiger partial charge in [-0.15, -0.1) is 0 Å². The Bertz CT molecular complexity index is 2580. The molecule has 0 amide bonds. The summed E-state index contributed by atoms with van der Waals surface area (Å²) in [5, 5.41) is 0. The van der Waals surface area contributed by atoms with E-state index in [0.717, 1.165) is 39.0 Å². The van der Waals surface area contributed by atoms with E-state index < -0.39 is 29.2 Å². The van der Waals surface area contributed by atoms with Crippen LogP contribution in [0.4, 0.5) is 0 Å². The first kappa shape index (κ1) is 31.8. The van der Waals surface area contributed by atoms with E-state index in [9.17, 15) is 0 Å². The number of allylic oxidation sites excluding steroid dienone is 4. The summed E-state index contributed by atoms with van der Waals surface area (Å²) < 4.78 is 20.1. The first-order valence-corrected chi connectivity index (χ1v) is 19.0. The molecule has 0 saturated carbocycles. The largest absolute Gasteiger partial charge is 0.494 e. The number of hydrogen-bond donors (Lipinski definition) is 0. The van der Waals surface area contributed by atoms with E-state index in [1.54, 1.807) is 6.26 Å². The van der Waals surface area contributed by atoms with Gasteiger partial charge in [-0.1, -0.05) is 146 Å². The van der Waals surface area contributed by atoms with Crippen LogP contribution < -0.4 is 10.2 Å². The summed E-state index contributed by atoms with van der Waals surface area (Å²) in [6.45, 7) is 13.0. The van der Waals surface area contributed by atoms with Gasteiger partial charge in [-0.25, -0.2) is 0 Å². The van der Waals surface area contributed by atoms with E-state index in [1.165, 1.54) is 50.1 Å². The molecule has 5 aliphatic rings. The molecule has 54 heavy (non-hydrogen) atoms. The van der Waals surface area contributed by atoms with Crippen molar-refractivity contribution in [2.75, 3.05) is 0 Å². The Morgan fingerprint density at radius 3 is 1.57 bits per heavy atom. The number of ether oxygens (including phenoxy) is 1. The molecule has 11 rings (SSSR count). The van der Waals surface area contributed by atoms with E-state index in [1.807, 2.05) is 12.2 Å². The maximum Gasteiger partial charge on any atom is 0.494 e. The average Bonchev–Trinajstić information content (AvgIpc) is 3.73. The second-order valence-corrected chi connectivity index (χ2v) is 16.3. The minimum Gasteiger partial charge on any atom is -0.464 e. The van der Waals surface area contributed by atoms with Gasteiger partial charge in [0.25, 0.3) is 0 Å². The normalized spacial score (nSPS) is 20.4. The fourth-order valence-electron chi connectivity index (χ4n) is 10.3. The van der Waals surface area contributed by atoms with Crippen molar-refractivity contribution < 1.29 is 14.0 Å². The smallest absolute Gasteiger partial charge is 0.464 e. The highest BCUT2D eigenvalue weighted by Gasteiger charge is 2.60. The summed E-state index contributed by atoms with van der Waals surface area (Å²) in [5.74, 6) is 0.833. The minimum absolute atomic E-state index is 0.455. The predicted octanol–water partition coefficient (Wildman–Crippen LogP) is 10.5. The minimum atomic E-state index is -0.716. The van der Waals surface area contributed by atoms with E-state index in [2.05, 4.69) is 168 Å². The lowest BCUT2D eigenvalue weighted by atomic mass is 9.52. The van der Waals surface area contributed by atoms with Crippen molar-refractivity contribution in [3.63, 3.8) is 0 Å². The molecule has 6 aromatic rings. The predicted molar refractivity (Wildman–Crippen MR) is 218 cm³/mol. The van der Waals surface area contributed by atoms with E-state index in [0.29, 0.717) is 0 Å². The lowest BCUT2D eigenvalue weighted by Gasteiger charge is -2.49. The van der Waals surface area contributed by atoms with Crippen LogP contribution in [-0.2, 0) is 20.1 Å². The summed E-state index contributed by atoms with van der Waals surface area (Å²) >= 11 is 0. The van der Waals surface area contributed by atoms with Crippen molar-refractivity contribution in [1.82, 2.24) is 0 Å². The highest BCUT2D eigenvalue weighted by atomic mass is 16.7. The van der Waals surface area contributed by atoms with Gasteiger partial charge in [0.1, 0.15) is 5.75 Å². The molecule has 3 aliphatic carbocycles. The van der Waals surface area contributed by atoms with E-state index in [-0.39, 0.29) is 0 Å². The molecule has 0 atom stereocenters. The van der Waals surface area contributed by atoms with Gasteiger partial charge in [0, 0.05) is 11.1 Å². The maximum atomic E-state index is 6.80. The van der Waals surface area contributed by atoms with Crippen LogP contribution in [0.15, 0.2) is 158 Å². The second kappa shape index (κ2) is 10.7. The fraction of sp³-hybridized carbons (Fsp3) is 0.160. The lowest BCUT2D eigenvalue weighted by Crippen LogP contribution is -2.44. The molecule has 0 N–H and O–H groups in total. The van der Waals surface area contributed by atoms with Crippen molar-refractivity contribution in [2.45, 2.75) is 49.7 Å². The zero-order valence-electron chi connectivity index (χ0n) is 30.9. The molecule has 3 nitrogen and oxygen atoms in total. The van der Waals surface area contributed by atoms with E-state index in [4.69, 9.17) is 14.0 Å². The van der Waals surface area contributed by atoms with Gasteiger partial charge in [0.15, 0.2) is 0 Å². The first-order valence-electron chi connectivity index (χ1n) is 19.0. The zero-order valence-corrected chi connectivity index (χ0v) is 30.9. The van der Waals surface area contributed by atoms with Crippen LogP contribution in [0.5, 0.6) is 5.75 Å². The Kier molecular flexibility index (Phi) is 6.32. The zero-order chi connectivity index (χ0) is 36.6. The van der Waals surface area contributed by atoms with Gasteiger partial charge < -0.3 is 14.0 Å². The molecule has 2 heterocycles. The monoisotopic (exact) mass is 698 g/mol. The Balaban J connectivity index is 1.28. The van der Waals surface area contributed by atoms with Crippen LogP contribution >= 0.6 is 0 Å². The molecule has 4 heteroatoms. The Labute approximate surface area is 317 Å². The van der Waals surface area contributed by atoms with Gasteiger partial charge in [0.2, 0.25) is 0 Å². The number of benzene rings is 6. The molecular weight excluding hydrogens is 659 g/mol. The van der Waals surface area contributed by atoms with Gasteiger partial charge in [0.05, 0.1) is 28.3 Å². The molecule has 0 aromatic heterocycles. The van der Waals surface area contributed by atoms with Crippen molar-refractivity contribution >= 4 is 18.2 Å². The summed E-state index contributed by atoms with van der Waals surface area (Å²) in [6.07, 6.45) is 7.81. The summed E-state index contributed by atoms with van der Waals surface area (Å²) in [7, 11) is -0.491. The highest BCUT2D eigenvalue weighted by molar-refractivity contribution is 6.62. The second-order valence-electron chi connectivity index (χ2n) is 16.3. The third-order valence-corrected chi connectivity index (χ3v) is 13.2. The summed E-state index contributed by atoms with van der Waals surface area (Å²) in [5.41, 5.74) is 15.7. The Hall–Kier alpha value is -5.68. The van der Waals surface area contributed by atoms with Gasteiger partial charge in [-0.2, -0.15) is 0 Å². The number of rotatable bonds is 1. The van der Waals surface area contributed by atoms with Crippen molar-refractivity contribution in [1.29, 1.82) is 0 Å². The third kappa shape index (κ3) is 3.75. The van der Waals surface area contributed by atoms with Crippen LogP contribution in [0.1, 0.15) is 77.8 Å². The molecule has 0 unspecified atom stereocenters. The topological polar surface area (TPSA) is 27.7 Å². The average molecular weight is 699 g/mol. The number of hydrogen-bond acceptors (Lipinski definition) is 3. The van der Waals surface area contributed by atoms with Gasteiger partial charge in [-0.3, -0.25) is 0 Å². The Morgan fingerprint density at radius 1 is 0.481 bits per heavy atom. The molecule has 6 aromatic carbocycles. The van der Waals surface area contributed by atoms with E-state index >= 15 is 0 Å². The molecule has 0 bridgehead atoms. The third-order valence-electron chi connectivity index (χ3n) is 13.2. The molecule has 0 radical (unpaired) electrons. The Morgan fingerprint density at radius 2 is 0.981 bits per heavy atom. The van der Waals surface area contributed by atoms with Crippen molar-refractivity contribution in [3.05, 3.63) is 209 Å². The van der Waals surface area contributed by atoms with Crippen molar-refractivity contribution in [3.8, 4) is 28.0 Å². The van der Waals surface area contributed by atoms with Crippen LogP contribution in [-0.4, -0.2) is 18.3 Å². The van der Waals surface area contributed by atoms with Gasteiger partial charge in [-0.05, 0) is 106 Å². The highest BCUT2D eigenvalue weighted by Crippen LogP contribution is 2.68. The quantitative estimate of drug-likeness (QED) is 0.160. The maximum absolute atomic E-state index is 6.80. The van der Waals surface area contributed by atoms with Crippen LogP contribution in [0.25, 0.3) is 27.8 Å². The molecule has 260 valence electrons. The summed E-state index contributed by atoms with van der Waals surface area (Å²) in [6, 6.07) is 47.6. The number of fused-ring (bicyclic) bond motifs is 18. The molecular formula is C50H39BO3. The lowest BCUT2D eigenvalue weighted by molar-refractivity contribution is 0.00578. The van der Waals surface area contributed by atoms with Crippen LogP contribution in [0, 0.1) is 0 Å². The standard InChI is InChI=1S/C50H39BO3/c1-31-16-14-15-29-52-46-33(31)26-27-36-37-30-32(51-53-47(2,3)48(4,5)54-51)25-28-40(37)50(45(36)46)43-23-12-10-21-41(43)49(42-22-11-13-24-44(42)50)38-19-8-6-17-34(38)35-18-7-9-20-39(35)49/h6-30H,1H2,2-5H3/b16-14-,29-15-. The van der Waals surface area contributed by atoms with Gasteiger partial charge >= 0.3 is 7.12 Å².